The van der Waals surface area contributed by atoms with Crippen molar-refractivity contribution in [2.24, 2.45) is 0 Å². The van der Waals surface area contributed by atoms with Gasteiger partial charge in [0.2, 0.25) is 5.82 Å². The number of hydrogen-bond acceptors (Lipinski definition) is 5. The van der Waals surface area contributed by atoms with Crippen LogP contribution in [0.5, 0.6) is 0 Å². The maximum absolute atomic E-state index is 12.9. The normalized spacial score (nSPS) is 15.1. The third kappa shape index (κ3) is 5.57. The molecule has 180 valence electrons. The second kappa shape index (κ2) is 9.83. The van der Waals surface area contributed by atoms with Crippen LogP contribution >= 0.6 is 11.8 Å². The van der Waals surface area contributed by atoms with Crippen molar-refractivity contribution in [2.45, 2.75) is 31.3 Å². The molecule has 0 radical (unpaired) electrons. The highest BCUT2D eigenvalue weighted by atomic mass is 32.2. The first-order valence-corrected chi connectivity index (χ1v) is 12.3. The number of rotatable bonds is 8. The Kier molecular flexibility index (Phi) is 6.62. The van der Waals surface area contributed by atoms with Crippen LogP contribution in [0.15, 0.2) is 78.9 Å². The molecule has 1 aliphatic heterocycles. The molecule has 1 fully saturated rings. The van der Waals surface area contributed by atoms with Crippen LogP contribution in [0.2, 0.25) is 0 Å². The van der Waals surface area contributed by atoms with E-state index in [1.807, 2.05) is 66.4 Å². The lowest BCUT2D eigenvalue weighted by Crippen LogP contribution is -2.50. The van der Waals surface area contributed by atoms with Crippen LogP contribution in [0, 0.1) is 0 Å². The molecule has 0 bridgehead atoms. The molecule has 35 heavy (non-hydrogen) atoms. The summed E-state index contributed by atoms with van der Waals surface area (Å²) < 4.78 is 44.9. The van der Waals surface area contributed by atoms with Crippen molar-refractivity contribution in [3.05, 3.63) is 101 Å². The van der Waals surface area contributed by atoms with Gasteiger partial charge in [-0.15, -0.1) is 10.2 Å². The SMILES string of the molecule is FC(F)(F)c1ccc(Cc2ccccc2-c2nnn(CC3(OCc4ccccc4)CSC3)n2)cc1. The summed E-state index contributed by atoms with van der Waals surface area (Å²) in [6.45, 7) is 1.03. The van der Waals surface area contributed by atoms with Crippen molar-refractivity contribution in [2.75, 3.05) is 11.5 Å². The monoisotopic (exact) mass is 496 g/mol. The lowest BCUT2D eigenvalue weighted by molar-refractivity contribution is -0.137. The molecule has 0 unspecified atom stereocenters. The molecule has 0 aliphatic carbocycles. The Balaban J connectivity index is 1.30. The number of ether oxygens (including phenoxy) is 1. The minimum Gasteiger partial charge on any atom is -0.367 e. The van der Waals surface area contributed by atoms with E-state index in [0.717, 1.165) is 45.9 Å². The van der Waals surface area contributed by atoms with Crippen LogP contribution in [-0.4, -0.2) is 37.3 Å². The number of nitrogens with zero attached hydrogens (tertiary/aromatic N) is 4. The van der Waals surface area contributed by atoms with Gasteiger partial charge < -0.3 is 4.74 Å². The van der Waals surface area contributed by atoms with E-state index >= 15 is 0 Å². The highest BCUT2D eigenvalue weighted by Crippen LogP contribution is 2.35. The zero-order valence-corrected chi connectivity index (χ0v) is 19.6. The molecule has 0 amide bonds. The lowest BCUT2D eigenvalue weighted by Gasteiger charge is -2.40. The van der Waals surface area contributed by atoms with Gasteiger partial charge in [-0.05, 0) is 40.5 Å². The van der Waals surface area contributed by atoms with Crippen LogP contribution in [0.4, 0.5) is 13.2 Å². The van der Waals surface area contributed by atoms with E-state index in [9.17, 15) is 13.2 Å². The van der Waals surface area contributed by atoms with E-state index in [2.05, 4.69) is 15.4 Å². The van der Waals surface area contributed by atoms with Crippen LogP contribution in [0.25, 0.3) is 11.4 Å². The first-order valence-electron chi connectivity index (χ1n) is 11.2. The maximum Gasteiger partial charge on any atom is 0.416 e. The molecular weight excluding hydrogens is 473 g/mol. The molecule has 1 aliphatic rings. The van der Waals surface area contributed by atoms with E-state index in [1.54, 1.807) is 4.80 Å². The molecule has 9 heteroatoms. The van der Waals surface area contributed by atoms with Gasteiger partial charge in [-0.25, -0.2) is 0 Å². The summed E-state index contributed by atoms with van der Waals surface area (Å²) in [7, 11) is 0. The Morgan fingerprint density at radius 1 is 0.886 bits per heavy atom. The van der Waals surface area contributed by atoms with Crippen molar-refractivity contribution in [3.8, 4) is 11.4 Å². The van der Waals surface area contributed by atoms with Gasteiger partial charge in [0.1, 0.15) is 5.60 Å². The minimum atomic E-state index is -4.35. The third-order valence-electron chi connectivity index (χ3n) is 5.93. The van der Waals surface area contributed by atoms with Crippen molar-refractivity contribution in [1.82, 2.24) is 20.2 Å². The molecule has 0 saturated carbocycles. The zero-order valence-electron chi connectivity index (χ0n) is 18.8. The number of benzene rings is 3. The Morgan fingerprint density at radius 3 is 2.29 bits per heavy atom. The Labute approximate surface area is 205 Å². The van der Waals surface area contributed by atoms with Crippen molar-refractivity contribution in [3.63, 3.8) is 0 Å². The van der Waals surface area contributed by atoms with Crippen molar-refractivity contribution >= 4 is 11.8 Å². The third-order valence-corrected chi connectivity index (χ3v) is 7.40. The summed E-state index contributed by atoms with van der Waals surface area (Å²) in [5.74, 6) is 2.21. The molecule has 0 N–H and O–H groups in total. The molecule has 1 saturated heterocycles. The summed E-state index contributed by atoms with van der Waals surface area (Å²) in [5, 5.41) is 13.1. The quantitative estimate of drug-likeness (QED) is 0.316. The number of thioether (sulfide) groups is 1. The largest absolute Gasteiger partial charge is 0.416 e. The van der Waals surface area contributed by atoms with E-state index in [1.165, 1.54) is 12.1 Å². The van der Waals surface area contributed by atoms with Gasteiger partial charge in [-0.3, -0.25) is 0 Å². The fourth-order valence-electron chi connectivity index (χ4n) is 3.96. The van der Waals surface area contributed by atoms with Gasteiger partial charge in [-0.1, -0.05) is 66.7 Å². The zero-order chi connectivity index (χ0) is 24.3. The molecule has 5 nitrogen and oxygen atoms in total. The number of aromatic nitrogens is 4. The molecule has 0 spiro atoms. The number of tetrazole rings is 1. The highest BCUT2D eigenvalue weighted by Gasteiger charge is 2.40. The predicted molar refractivity (Wildman–Crippen MR) is 129 cm³/mol. The Morgan fingerprint density at radius 2 is 1.60 bits per heavy atom. The van der Waals surface area contributed by atoms with Gasteiger partial charge >= 0.3 is 6.18 Å². The molecule has 5 rings (SSSR count). The number of hydrogen-bond donors (Lipinski definition) is 0. The molecular formula is C26H23F3N4OS. The maximum atomic E-state index is 12.9. The van der Waals surface area contributed by atoms with Crippen LogP contribution in [0.1, 0.15) is 22.3 Å². The molecule has 0 atom stereocenters. The predicted octanol–water partition coefficient (Wildman–Crippen LogP) is 5.65. The first kappa shape index (κ1) is 23.6. The van der Waals surface area contributed by atoms with Gasteiger partial charge in [0.25, 0.3) is 0 Å². The van der Waals surface area contributed by atoms with Crippen LogP contribution in [0.3, 0.4) is 0 Å². The Bertz CT molecular complexity index is 1270. The second-order valence-corrected chi connectivity index (χ2v) is 9.61. The first-order chi connectivity index (χ1) is 16.9. The lowest BCUT2D eigenvalue weighted by atomic mass is 9.98. The number of halogens is 3. The molecule has 2 heterocycles. The van der Waals surface area contributed by atoms with Gasteiger partial charge in [0, 0.05) is 17.1 Å². The minimum absolute atomic E-state index is 0.335. The van der Waals surface area contributed by atoms with Crippen LogP contribution < -0.4 is 0 Å². The fraction of sp³-hybridized carbons (Fsp3) is 0.269. The topological polar surface area (TPSA) is 52.8 Å². The van der Waals surface area contributed by atoms with Crippen molar-refractivity contribution < 1.29 is 17.9 Å². The van der Waals surface area contributed by atoms with Gasteiger partial charge in [0.15, 0.2) is 0 Å². The van der Waals surface area contributed by atoms with E-state index in [4.69, 9.17) is 4.74 Å². The standard InChI is InChI=1S/C26H23F3N4OS/c27-26(28,29)22-12-10-19(11-13-22)14-21-8-4-5-9-23(21)24-30-32-33(31-24)16-25(17-35-18-25)34-15-20-6-2-1-3-7-20/h1-13H,14-18H2. The second-order valence-electron chi connectivity index (χ2n) is 8.62. The van der Waals surface area contributed by atoms with Gasteiger partial charge in [0.05, 0.1) is 18.7 Å². The highest BCUT2D eigenvalue weighted by molar-refractivity contribution is 8.00. The summed E-state index contributed by atoms with van der Waals surface area (Å²) in [5.41, 5.74) is 2.63. The summed E-state index contributed by atoms with van der Waals surface area (Å²) >= 11 is 1.82. The molecule has 4 aromatic rings. The molecule has 1 aromatic heterocycles. The van der Waals surface area contributed by atoms with Crippen LogP contribution in [-0.2, 0) is 30.5 Å². The van der Waals surface area contributed by atoms with E-state index in [0.29, 0.717) is 25.4 Å². The van der Waals surface area contributed by atoms with E-state index in [-0.39, 0.29) is 5.60 Å². The Hall–Kier alpha value is -3.17. The number of alkyl halides is 3. The average molecular weight is 497 g/mol. The summed E-state index contributed by atoms with van der Waals surface area (Å²) in [6.07, 6.45) is -3.89. The summed E-state index contributed by atoms with van der Waals surface area (Å²) in [6, 6.07) is 22.9. The molecule has 3 aromatic carbocycles. The smallest absolute Gasteiger partial charge is 0.367 e. The summed E-state index contributed by atoms with van der Waals surface area (Å²) in [4.78, 5) is 1.58. The van der Waals surface area contributed by atoms with Gasteiger partial charge in [-0.2, -0.15) is 29.7 Å². The van der Waals surface area contributed by atoms with E-state index < -0.39 is 11.7 Å². The average Bonchev–Trinajstić information content (AvgIpc) is 3.30. The van der Waals surface area contributed by atoms with Crippen molar-refractivity contribution in [1.29, 1.82) is 0 Å². The fourth-order valence-corrected chi connectivity index (χ4v) is 4.97.